The van der Waals surface area contributed by atoms with Crippen LogP contribution in [0.3, 0.4) is 0 Å². The van der Waals surface area contributed by atoms with Gasteiger partial charge in [-0.25, -0.2) is 0 Å². The molecule has 7 atom stereocenters. The zero-order valence-electron chi connectivity index (χ0n) is 19.7. The summed E-state index contributed by atoms with van der Waals surface area (Å²) in [5, 5.41) is 33.1. The molecule has 3 aliphatic rings. The number of Topliss-reactive ketones (excluding diaryl/α,β-unsaturated/α-hetero) is 3. The van der Waals surface area contributed by atoms with Gasteiger partial charge in [-0.05, 0) is 50.6 Å². The first-order valence-electron chi connectivity index (χ1n) is 11.6. The maximum Gasteiger partial charge on any atom is 0.230 e. The molecule has 2 fully saturated rings. The molecule has 5 N–H and O–H groups in total. The van der Waals surface area contributed by atoms with E-state index in [2.05, 4.69) is 9.97 Å². The van der Waals surface area contributed by atoms with E-state index in [4.69, 9.17) is 5.73 Å². The number of phenolic OH excluding ortho intramolecular Hbond substituents is 1. The largest absolute Gasteiger partial charge is 0.507 e. The number of fused-ring (bicyclic) bond motifs is 3. The van der Waals surface area contributed by atoms with E-state index in [1.807, 2.05) is 0 Å². The summed E-state index contributed by atoms with van der Waals surface area (Å²) in [4.78, 5) is 62.8. The van der Waals surface area contributed by atoms with Crippen LogP contribution in [0.2, 0.25) is 0 Å². The predicted molar refractivity (Wildman–Crippen MR) is 123 cm³/mol. The van der Waals surface area contributed by atoms with Crippen LogP contribution in [0, 0.1) is 23.7 Å². The number of amides is 1. The minimum absolute atomic E-state index is 0.0464. The lowest BCUT2D eigenvalue weighted by molar-refractivity contribution is -0.190. The molecule has 1 aromatic carbocycles. The van der Waals surface area contributed by atoms with Crippen molar-refractivity contribution in [3.05, 3.63) is 41.9 Å². The summed E-state index contributed by atoms with van der Waals surface area (Å²) in [7, 11) is 3.20. The van der Waals surface area contributed by atoms with Crippen LogP contribution in [0.15, 0.2) is 30.7 Å². The van der Waals surface area contributed by atoms with E-state index < -0.39 is 64.7 Å². The predicted octanol–water partition coefficient (Wildman–Crippen LogP) is -0.884. The molecule has 0 saturated heterocycles. The van der Waals surface area contributed by atoms with Crippen LogP contribution >= 0.6 is 0 Å². The van der Waals surface area contributed by atoms with Gasteiger partial charge in [0.05, 0.1) is 29.5 Å². The highest BCUT2D eigenvalue weighted by molar-refractivity contribution is 6.25. The van der Waals surface area contributed by atoms with Crippen molar-refractivity contribution in [3.8, 4) is 17.0 Å². The van der Waals surface area contributed by atoms with Crippen molar-refractivity contribution < 1.29 is 34.5 Å². The molecule has 11 nitrogen and oxygen atoms in total. The van der Waals surface area contributed by atoms with E-state index in [1.165, 1.54) is 24.7 Å². The maximum absolute atomic E-state index is 13.8. The summed E-state index contributed by atoms with van der Waals surface area (Å²) in [6.07, 6.45) is 3.22. The van der Waals surface area contributed by atoms with E-state index in [9.17, 15) is 34.5 Å². The lowest BCUT2D eigenvalue weighted by Gasteiger charge is -2.54. The first-order valence-corrected chi connectivity index (χ1v) is 11.6. The number of nitrogens with two attached hydrogens (primary N) is 1. The average molecular weight is 495 g/mol. The van der Waals surface area contributed by atoms with Gasteiger partial charge in [-0.1, -0.05) is 0 Å². The monoisotopic (exact) mass is 494 g/mol. The topological polar surface area (TPSA) is 184 Å². The number of aromatic nitrogens is 2. The Balaban J connectivity index is 1.66. The van der Waals surface area contributed by atoms with Gasteiger partial charge in [0.1, 0.15) is 11.7 Å². The number of carbonyl (C=O) groups excluding carboxylic acids is 4. The zero-order valence-corrected chi connectivity index (χ0v) is 19.7. The number of nitrogens with zero attached hydrogens (tertiary/aromatic N) is 3. The molecular formula is C25H26N4O7. The fourth-order valence-electron chi connectivity index (χ4n) is 6.50. The quantitative estimate of drug-likeness (QED) is 0.391. The van der Waals surface area contributed by atoms with Gasteiger partial charge >= 0.3 is 0 Å². The zero-order chi connectivity index (χ0) is 26.1. The number of carbonyl (C=O) groups is 4. The number of ketones is 3. The molecule has 188 valence electrons. The Bertz CT molecular complexity index is 1300. The molecule has 36 heavy (non-hydrogen) atoms. The highest BCUT2D eigenvalue weighted by Gasteiger charge is 2.69. The lowest BCUT2D eigenvalue weighted by atomic mass is 9.52. The van der Waals surface area contributed by atoms with Gasteiger partial charge < -0.3 is 26.0 Å². The number of benzene rings is 1. The molecule has 3 aliphatic carbocycles. The molecule has 0 aliphatic heterocycles. The fraction of sp³-hybridized carbons (Fsp3) is 0.440. The van der Waals surface area contributed by atoms with Crippen molar-refractivity contribution in [2.45, 2.75) is 30.6 Å². The van der Waals surface area contributed by atoms with Crippen LogP contribution in [0.25, 0.3) is 11.3 Å². The number of aliphatic hydroxyl groups is 2. The third-order valence-corrected chi connectivity index (χ3v) is 8.01. The summed E-state index contributed by atoms with van der Waals surface area (Å²) in [6.45, 7) is 0. The minimum Gasteiger partial charge on any atom is -0.507 e. The molecular weight excluding hydrogens is 468 g/mol. The summed E-state index contributed by atoms with van der Waals surface area (Å²) in [5.41, 5.74) is 4.20. The molecule has 2 aromatic rings. The van der Waals surface area contributed by atoms with Gasteiger partial charge in [-0.2, -0.15) is 0 Å². The summed E-state index contributed by atoms with van der Waals surface area (Å²) in [5.74, 6) is -9.32. The van der Waals surface area contributed by atoms with Crippen molar-refractivity contribution in [2.24, 2.45) is 29.4 Å². The van der Waals surface area contributed by atoms with E-state index in [0.717, 1.165) is 0 Å². The lowest BCUT2D eigenvalue weighted by Crippen LogP contribution is -2.75. The number of primary amides is 1. The van der Waals surface area contributed by atoms with Crippen LogP contribution in [0.5, 0.6) is 5.75 Å². The highest BCUT2D eigenvalue weighted by atomic mass is 16.3. The molecule has 1 amide bonds. The molecule has 0 radical (unpaired) electrons. The second-order valence-electron chi connectivity index (χ2n) is 10.0. The fourth-order valence-corrected chi connectivity index (χ4v) is 6.50. The Morgan fingerprint density at radius 1 is 1.17 bits per heavy atom. The molecule has 1 aromatic heterocycles. The molecule has 1 heterocycles. The van der Waals surface area contributed by atoms with Gasteiger partial charge in [0.2, 0.25) is 5.91 Å². The van der Waals surface area contributed by atoms with E-state index in [1.54, 1.807) is 25.1 Å². The van der Waals surface area contributed by atoms with Gasteiger partial charge in [0.25, 0.3) is 0 Å². The molecule has 2 saturated carbocycles. The summed E-state index contributed by atoms with van der Waals surface area (Å²) < 4.78 is 0. The number of hydrogen-bond acceptors (Lipinski definition) is 10. The number of aromatic hydroxyl groups is 1. The third kappa shape index (κ3) is 3.16. The number of rotatable bonds is 3. The smallest absolute Gasteiger partial charge is 0.230 e. The molecule has 4 unspecified atom stereocenters. The van der Waals surface area contributed by atoms with E-state index in [-0.39, 0.29) is 24.2 Å². The maximum atomic E-state index is 13.8. The SMILES string of the molecule is CN(C)C1C(O)C(C(N)=O)C(=O)[C@]2(O)C(=O)C3C(=O)c4c(O)ccc(-c5cnccn5)c4C[C@@H]3C[C@H]12. The van der Waals surface area contributed by atoms with Gasteiger partial charge in [0.15, 0.2) is 23.0 Å². The number of likely N-dealkylation sites (N-methyl/N-ethyl adjacent to an activating group) is 1. The Morgan fingerprint density at radius 2 is 1.89 bits per heavy atom. The van der Waals surface area contributed by atoms with E-state index in [0.29, 0.717) is 16.8 Å². The Morgan fingerprint density at radius 3 is 2.50 bits per heavy atom. The van der Waals surface area contributed by atoms with Gasteiger partial charge in [-0.3, -0.25) is 29.1 Å². The Labute approximate surface area is 206 Å². The van der Waals surface area contributed by atoms with Crippen molar-refractivity contribution in [3.63, 3.8) is 0 Å². The summed E-state index contributed by atoms with van der Waals surface area (Å²) in [6, 6.07) is 2.01. The minimum atomic E-state index is -2.68. The number of aliphatic hydroxyl groups excluding tert-OH is 1. The van der Waals surface area contributed by atoms with Crippen molar-refractivity contribution in [1.82, 2.24) is 14.9 Å². The van der Waals surface area contributed by atoms with Crippen molar-refractivity contribution >= 4 is 23.3 Å². The van der Waals surface area contributed by atoms with Crippen LogP contribution in [0.4, 0.5) is 0 Å². The van der Waals surface area contributed by atoms with Crippen molar-refractivity contribution in [2.75, 3.05) is 14.1 Å². The Kier molecular flexibility index (Phi) is 5.54. The molecule has 0 spiro atoms. The van der Waals surface area contributed by atoms with Crippen LogP contribution in [0.1, 0.15) is 22.3 Å². The number of hydrogen-bond donors (Lipinski definition) is 4. The molecule has 11 heteroatoms. The van der Waals surface area contributed by atoms with E-state index >= 15 is 0 Å². The normalized spacial score (nSPS) is 33.6. The van der Waals surface area contributed by atoms with Crippen LogP contribution < -0.4 is 5.73 Å². The second kappa shape index (κ2) is 8.26. The molecule has 5 rings (SSSR count). The first-order chi connectivity index (χ1) is 17.0. The standard InChI is InChI=1S/C25H26N4O7/c1-29(2)19-13-8-10-7-12-11(14-9-27-5-6-28-14)3-4-15(30)17(12)20(31)16(10)22(33)25(13,36)23(34)18(21(19)32)24(26)35/h3-6,9-10,13,16,18-19,21,30,32,36H,7-8H2,1-2H3,(H2,26,35)/t10-,13-,16?,18?,19?,21?,25-/m1/s1. The van der Waals surface area contributed by atoms with Crippen molar-refractivity contribution in [1.29, 1.82) is 0 Å². The molecule has 0 bridgehead atoms. The average Bonchev–Trinajstić information content (AvgIpc) is 2.81. The second-order valence-corrected chi connectivity index (χ2v) is 10.0. The van der Waals surface area contributed by atoms with Gasteiger partial charge in [-0.15, -0.1) is 0 Å². The number of phenols is 1. The highest BCUT2D eigenvalue weighted by Crippen LogP contribution is 2.52. The Hall–Kier alpha value is -3.54. The van der Waals surface area contributed by atoms with Crippen LogP contribution in [-0.4, -0.2) is 85.3 Å². The summed E-state index contributed by atoms with van der Waals surface area (Å²) >= 11 is 0. The van der Waals surface area contributed by atoms with Gasteiger partial charge in [0, 0.05) is 29.9 Å². The van der Waals surface area contributed by atoms with Crippen LogP contribution in [-0.2, 0) is 20.8 Å². The first kappa shape index (κ1) is 24.2. The third-order valence-electron chi connectivity index (χ3n) is 8.01.